The van der Waals surface area contributed by atoms with Gasteiger partial charge in [-0.3, -0.25) is 0 Å². The van der Waals surface area contributed by atoms with Crippen molar-refractivity contribution in [1.29, 1.82) is 5.26 Å². The SMILES string of the molecule is CC1(C)COCC(C)(C)N1NSN=C(Cl)C#N. The molecule has 0 aromatic carbocycles. The second-order valence-electron chi connectivity index (χ2n) is 5.13. The summed E-state index contributed by atoms with van der Waals surface area (Å²) in [5.41, 5.74) is -0.299. The number of halogens is 1. The van der Waals surface area contributed by atoms with Gasteiger partial charge in [-0.05, 0) is 39.3 Å². The van der Waals surface area contributed by atoms with Gasteiger partial charge in [0.2, 0.25) is 5.17 Å². The van der Waals surface area contributed by atoms with E-state index in [1.165, 1.54) is 0 Å². The van der Waals surface area contributed by atoms with Gasteiger partial charge in [-0.15, -0.1) is 0 Å². The molecular weight excluding hydrogens is 260 g/mol. The topological polar surface area (TPSA) is 60.6 Å². The molecule has 1 N–H and O–H groups in total. The molecule has 0 bridgehead atoms. The third kappa shape index (κ3) is 3.83. The van der Waals surface area contributed by atoms with E-state index in [0.29, 0.717) is 13.2 Å². The molecule has 17 heavy (non-hydrogen) atoms. The number of hydrazine groups is 1. The maximum atomic E-state index is 8.49. The lowest BCUT2D eigenvalue weighted by molar-refractivity contribution is -0.137. The second kappa shape index (κ2) is 5.55. The molecule has 0 saturated carbocycles. The van der Waals surface area contributed by atoms with Crippen molar-refractivity contribution in [3.8, 4) is 6.07 Å². The molecule has 1 heterocycles. The van der Waals surface area contributed by atoms with E-state index < -0.39 is 0 Å². The summed E-state index contributed by atoms with van der Waals surface area (Å²) in [6.45, 7) is 9.60. The van der Waals surface area contributed by atoms with Gasteiger partial charge in [0, 0.05) is 0 Å². The number of nitriles is 1. The summed E-state index contributed by atoms with van der Waals surface area (Å²) in [6.07, 6.45) is 0. The Balaban J connectivity index is 2.68. The fourth-order valence-corrected chi connectivity index (χ4v) is 2.71. The van der Waals surface area contributed by atoms with Gasteiger partial charge >= 0.3 is 0 Å². The Morgan fingerprint density at radius 1 is 1.41 bits per heavy atom. The maximum absolute atomic E-state index is 8.49. The maximum Gasteiger partial charge on any atom is 0.216 e. The number of morpholine rings is 1. The van der Waals surface area contributed by atoms with Crippen molar-refractivity contribution in [2.45, 2.75) is 38.8 Å². The zero-order valence-electron chi connectivity index (χ0n) is 10.5. The van der Waals surface area contributed by atoms with Crippen LogP contribution in [0.5, 0.6) is 0 Å². The second-order valence-corrected chi connectivity index (χ2v) is 6.04. The molecule has 5 nitrogen and oxygen atoms in total. The van der Waals surface area contributed by atoms with Gasteiger partial charge in [0.15, 0.2) is 0 Å². The molecule has 96 valence electrons. The molecule has 1 rings (SSSR count). The standard InChI is InChI=1S/C10H17ClN4OS/c1-9(2)6-16-7-10(3,4)15(9)14-17-13-8(11)5-12/h14H,6-7H2,1-4H3. The van der Waals surface area contributed by atoms with Gasteiger partial charge < -0.3 is 4.74 Å². The normalized spacial score (nSPS) is 24.4. The van der Waals surface area contributed by atoms with Crippen LogP contribution in [-0.2, 0) is 4.74 Å². The van der Waals surface area contributed by atoms with Crippen molar-refractivity contribution in [2.75, 3.05) is 13.2 Å². The summed E-state index contributed by atoms with van der Waals surface area (Å²) in [5.74, 6) is 0. The van der Waals surface area contributed by atoms with Crippen LogP contribution in [0, 0.1) is 11.3 Å². The molecule has 1 saturated heterocycles. The molecule has 0 aromatic heterocycles. The first-order valence-electron chi connectivity index (χ1n) is 5.23. The van der Waals surface area contributed by atoms with Crippen LogP contribution in [0.3, 0.4) is 0 Å². The quantitative estimate of drug-likeness (QED) is 0.632. The molecular formula is C10H17ClN4OS. The van der Waals surface area contributed by atoms with Crippen LogP contribution in [0.15, 0.2) is 4.40 Å². The highest BCUT2D eigenvalue weighted by molar-refractivity contribution is 7.96. The predicted octanol–water partition coefficient (Wildman–Crippen LogP) is 2.10. The van der Waals surface area contributed by atoms with Crippen LogP contribution in [0.2, 0.25) is 0 Å². The smallest absolute Gasteiger partial charge is 0.216 e. The van der Waals surface area contributed by atoms with Crippen LogP contribution in [0.1, 0.15) is 27.7 Å². The van der Waals surface area contributed by atoms with Crippen LogP contribution in [-0.4, -0.2) is 34.5 Å². The van der Waals surface area contributed by atoms with Gasteiger partial charge in [-0.25, -0.2) is 5.01 Å². The minimum Gasteiger partial charge on any atom is -0.378 e. The number of nitrogens with one attached hydrogen (secondary N) is 1. The van der Waals surface area contributed by atoms with Crippen molar-refractivity contribution in [1.82, 2.24) is 9.84 Å². The van der Waals surface area contributed by atoms with E-state index in [4.69, 9.17) is 21.6 Å². The molecule has 0 atom stereocenters. The Labute approximate surface area is 111 Å². The number of hydrogen-bond acceptors (Lipinski definition) is 6. The van der Waals surface area contributed by atoms with Gasteiger partial charge in [-0.2, -0.15) is 14.5 Å². The summed E-state index contributed by atoms with van der Waals surface area (Å²) < 4.78 is 9.39. The third-order valence-corrected chi connectivity index (χ3v) is 3.28. The van der Waals surface area contributed by atoms with E-state index in [1.54, 1.807) is 6.07 Å². The van der Waals surface area contributed by atoms with E-state index >= 15 is 0 Å². The lowest BCUT2D eigenvalue weighted by atomic mass is 9.95. The molecule has 1 aliphatic rings. The highest BCUT2D eigenvalue weighted by Gasteiger charge is 2.42. The lowest BCUT2D eigenvalue weighted by Crippen LogP contribution is -2.66. The first kappa shape index (κ1) is 14.7. The Bertz CT molecular complexity index is 335. The number of hydrogen-bond donors (Lipinski definition) is 1. The average molecular weight is 277 g/mol. The van der Waals surface area contributed by atoms with E-state index in [0.717, 1.165) is 12.1 Å². The molecule has 1 fully saturated rings. The summed E-state index contributed by atoms with van der Waals surface area (Å²) >= 11 is 6.56. The Hall–Kier alpha value is -0.320. The fraction of sp³-hybridized carbons (Fsp3) is 0.800. The molecule has 0 unspecified atom stereocenters. The Morgan fingerprint density at radius 3 is 2.41 bits per heavy atom. The molecule has 0 aromatic rings. The first-order valence-corrected chi connectivity index (χ1v) is 6.38. The molecule has 7 heteroatoms. The van der Waals surface area contributed by atoms with E-state index in [-0.39, 0.29) is 16.2 Å². The molecule has 0 amide bonds. The summed E-state index contributed by atoms with van der Waals surface area (Å²) in [4.78, 5) is 3.11. The molecule has 0 radical (unpaired) electrons. The Kier molecular flexibility index (Phi) is 4.81. The van der Waals surface area contributed by atoms with E-state index in [1.807, 2.05) is 0 Å². The van der Waals surface area contributed by atoms with Crippen LogP contribution >= 0.6 is 23.7 Å². The zero-order valence-corrected chi connectivity index (χ0v) is 12.0. The monoisotopic (exact) mass is 276 g/mol. The largest absolute Gasteiger partial charge is 0.378 e. The summed E-state index contributed by atoms with van der Waals surface area (Å²) in [7, 11) is 0. The molecule has 0 spiro atoms. The predicted molar refractivity (Wildman–Crippen MR) is 70.4 cm³/mol. The number of nitrogens with zero attached hydrogens (tertiary/aromatic N) is 3. The number of ether oxygens (including phenoxy) is 1. The van der Waals surface area contributed by atoms with Gasteiger partial charge in [0.1, 0.15) is 6.07 Å². The highest BCUT2D eigenvalue weighted by Crippen LogP contribution is 2.29. The Morgan fingerprint density at radius 2 is 1.94 bits per heavy atom. The van der Waals surface area contributed by atoms with E-state index in [2.05, 4.69) is 41.9 Å². The van der Waals surface area contributed by atoms with Crippen LogP contribution < -0.4 is 4.83 Å². The highest BCUT2D eigenvalue weighted by atomic mass is 35.5. The average Bonchev–Trinajstić information content (AvgIpc) is 2.21. The zero-order chi connectivity index (χ0) is 13.1. The number of rotatable bonds is 3. The van der Waals surface area contributed by atoms with Crippen LogP contribution in [0.25, 0.3) is 0 Å². The van der Waals surface area contributed by atoms with Crippen molar-refractivity contribution in [3.63, 3.8) is 0 Å². The molecule has 0 aliphatic carbocycles. The van der Waals surface area contributed by atoms with Crippen molar-refractivity contribution in [3.05, 3.63) is 0 Å². The first-order chi connectivity index (χ1) is 7.79. The van der Waals surface area contributed by atoms with Gasteiger partial charge in [0.25, 0.3) is 0 Å². The van der Waals surface area contributed by atoms with Crippen molar-refractivity contribution in [2.24, 2.45) is 4.40 Å². The fourth-order valence-electron chi connectivity index (χ4n) is 1.87. The van der Waals surface area contributed by atoms with E-state index in [9.17, 15) is 0 Å². The third-order valence-electron chi connectivity index (χ3n) is 2.47. The minimum atomic E-state index is -0.149. The van der Waals surface area contributed by atoms with Gasteiger partial charge in [0.05, 0.1) is 36.4 Å². The summed E-state index contributed by atoms with van der Waals surface area (Å²) in [5, 5.41) is 10.5. The van der Waals surface area contributed by atoms with Crippen LogP contribution in [0.4, 0.5) is 0 Å². The minimum absolute atomic E-state index is 0.0774. The molecule has 1 aliphatic heterocycles. The van der Waals surface area contributed by atoms with Gasteiger partial charge in [-0.1, -0.05) is 0 Å². The lowest BCUT2D eigenvalue weighted by Gasteiger charge is -2.51. The van der Waals surface area contributed by atoms with Crippen molar-refractivity contribution >= 4 is 28.9 Å². The summed E-state index contributed by atoms with van der Waals surface area (Å²) in [6, 6.07) is 1.76. The van der Waals surface area contributed by atoms with Crippen molar-refractivity contribution < 1.29 is 4.74 Å².